The third-order valence-electron chi connectivity index (χ3n) is 6.45. The van der Waals surface area contributed by atoms with Crippen molar-refractivity contribution in [2.24, 2.45) is 5.73 Å². The molecule has 1 heterocycles. The molecule has 0 bridgehead atoms. The quantitative estimate of drug-likeness (QED) is 0.315. The van der Waals surface area contributed by atoms with Crippen molar-refractivity contribution in [3.8, 4) is 0 Å². The number of likely N-dealkylation sites (tertiary alicyclic amines) is 1. The van der Waals surface area contributed by atoms with Crippen molar-refractivity contribution in [2.75, 3.05) is 13.1 Å². The fourth-order valence-corrected chi connectivity index (χ4v) is 5.78. The summed E-state index contributed by atoms with van der Waals surface area (Å²) < 4.78 is 29.8. The Kier molecular flexibility index (Phi) is 7.34. The van der Waals surface area contributed by atoms with E-state index < -0.39 is 16.1 Å². The van der Waals surface area contributed by atoms with E-state index in [9.17, 15) is 8.42 Å². The normalized spacial score (nSPS) is 15.2. The fourth-order valence-electron chi connectivity index (χ4n) is 4.49. The van der Waals surface area contributed by atoms with E-state index in [1.165, 1.54) is 6.42 Å². The van der Waals surface area contributed by atoms with Crippen molar-refractivity contribution in [1.29, 1.82) is 5.41 Å². The first-order chi connectivity index (χ1) is 16.3. The lowest BCUT2D eigenvalue weighted by Gasteiger charge is -2.35. The summed E-state index contributed by atoms with van der Waals surface area (Å²) in [7, 11) is -3.75. The van der Waals surface area contributed by atoms with Crippen LogP contribution in [0.15, 0.2) is 83.9 Å². The van der Waals surface area contributed by atoms with E-state index in [0.717, 1.165) is 48.0 Å². The summed E-state index contributed by atoms with van der Waals surface area (Å²) in [5, 5.41) is 9.57. The maximum absolute atomic E-state index is 13.4. The van der Waals surface area contributed by atoms with Crippen LogP contribution >= 0.6 is 0 Å². The Hall–Kier alpha value is -3.16. The molecule has 6 nitrogen and oxygen atoms in total. The summed E-state index contributed by atoms with van der Waals surface area (Å²) in [4.78, 5) is 2.46. The number of fused-ring (bicyclic) bond motifs is 1. The maximum Gasteiger partial charge on any atom is 0.241 e. The summed E-state index contributed by atoms with van der Waals surface area (Å²) in [5.74, 6) is 0.0214. The number of benzene rings is 3. The number of piperidine rings is 1. The van der Waals surface area contributed by atoms with Gasteiger partial charge >= 0.3 is 0 Å². The van der Waals surface area contributed by atoms with Gasteiger partial charge in [-0.3, -0.25) is 5.41 Å². The maximum atomic E-state index is 13.4. The standard InChI is InChI=1S/C27H32N4O2S/c1-20(31-16-5-2-6-17-31)26(15-12-21-8-7-11-24(18-21)27(28)29)30-34(32,33)25-14-13-22-9-3-4-10-23(22)19-25/h3-4,7-11,13-14,18-19,26,30H,1-2,5-6,12,15-17H2,(H3,28,29)/t26-/m0/s1. The predicted molar refractivity (Wildman–Crippen MR) is 138 cm³/mol. The zero-order chi connectivity index (χ0) is 24.1. The van der Waals surface area contributed by atoms with Gasteiger partial charge in [0.2, 0.25) is 10.0 Å². The van der Waals surface area contributed by atoms with Crippen LogP contribution in [0.2, 0.25) is 0 Å². The van der Waals surface area contributed by atoms with Crippen LogP contribution in [-0.2, 0) is 16.4 Å². The lowest BCUT2D eigenvalue weighted by Crippen LogP contribution is -2.43. The second kappa shape index (κ2) is 10.4. The molecule has 1 aliphatic heterocycles. The number of amidine groups is 1. The van der Waals surface area contributed by atoms with Gasteiger partial charge in [-0.2, -0.15) is 0 Å². The molecule has 1 aliphatic rings. The highest BCUT2D eigenvalue weighted by atomic mass is 32.2. The van der Waals surface area contributed by atoms with E-state index in [1.807, 2.05) is 48.5 Å². The number of rotatable bonds is 9. The molecule has 1 saturated heterocycles. The van der Waals surface area contributed by atoms with Gasteiger partial charge in [-0.05, 0) is 66.6 Å². The summed E-state index contributed by atoms with van der Waals surface area (Å²) in [6.45, 7) is 6.10. The molecule has 0 unspecified atom stereocenters. The molecule has 4 rings (SSSR count). The SMILES string of the molecule is C=C([C@H](CCc1cccc(C(=N)N)c1)NS(=O)(=O)c1ccc2ccccc2c1)N1CCCCC1. The number of hydrogen-bond donors (Lipinski definition) is 3. The molecular weight excluding hydrogens is 444 g/mol. The highest BCUT2D eigenvalue weighted by molar-refractivity contribution is 7.89. The summed E-state index contributed by atoms with van der Waals surface area (Å²) >= 11 is 0. The number of nitrogens with two attached hydrogens (primary N) is 1. The Morgan fingerprint density at radius 1 is 1.00 bits per heavy atom. The average Bonchev–Trinajstić information content (AvgIpc) is 2.86. The van der Waals surface area contributed by atoms with Gasteiger partial charge in [0.25, 0.3) is 0 Å². The molecule has 0 spiro atoms. The van der Waals surface area contributed by atoms with Crippen LogP contribution in [0.25, 0.3) is 10.8 Å². The van der Waals surface area contributed by atoms with Gasteiger partial charge in [0, 0.05) is 24.4 Å². The van der Waals surface area contributed by atoms with Crippen molar-refractivity contribution < 1.29 is 8.42 Å². The van der Waals surface area contributed by atoms with E-state index in [0.29, 0.717) is 18.4 Å². The van der Waals surface area contributed by atoms with Crippen LogP contribution in [0.4, 0.5) is 0 Å². The molecule has 3 aromatic rings. The molecule has 1 atom stereocenters. The molecule has 0 saturated carbocycles. The van der Waals surface area contributed by atoms with Crippen LogP contribution in [0, 0.1) is 5.41 Å². The molecule has 34 heavy (non-hydrogen) atoms. The van der Waals surface area contributed by atoms with Crippen molar-refractivity contribution in [3.05, 3.63) is 90.1 Å². The molecule has 178 valence electrons. The molecule has 0 aromatic heterocycles. The van der Waals surface area contributed by atoms with Crippen molar-refractivity contribution in [2.45, 2.75) is 43.0 Å². The molecule has 3 aromatic carbocycles. The Labute approximate surface area is 202 Å². The second-order valence-electron chi connectivity index (χ2n) is 8.87. The van der Waals surface area contributed by atoms with Crippen molar-refractivity contribution in [3.63, 3.8) is 0 Å². The molecule has 0 aliphatic carbocycles. The van der Waals surface area contributed by atoms with Gasteiger partial charge in [0.15, 0.2) is 0 Å². The minimum Gasteiger partial charge on any atom is -0.384 e. The minimum atomic E-state index is -3.75. The van der Waals surface area contributed by atoms with Crippen LogP contribution < -0.4 is 10.5 Å². The van der Waals surface area contributed by atoms with Crippen LogP contribution in [0.5, 0.6) is 0 Å². The molecule has 0 radical (unpaired) electrons. The van der Waals surface area contributed by atoms with E-state index >= 15 is 0 Å². The molecule has 7 heteroatoms. The van der Waals surface area contributed by atoms with E-state index in [-0.39, 0.29) is 10.7 Å². The van der Waals surface area contributed by atoms with Crippen LogP contribution in [-0.4, -0.2) is 38.3 Å². The second-order valence-corrected chi connectivity index (χ2v) is 10.6. The molecule has 0 amide bonds. The Bertz CT molecular complexity index is 1300. The Balaban J connectivity index is 1.58. The highest BCUT2D eigenvalue weighted by Gasteiger charge is 2.26. The van der Waals surface area contributed by atoms with E-state index in [4.69, 9.17) is 11.1 Å². The first-order valence-corrected chi connectivity index (χ1v) is 13.2. The molecule has 4 N–H and O–H groups in total. The van der Waals surface area contributed by atoms with Crippen LogP contribution in [0.3, 0.4) is 0 Å². The third kappa shape index (κ3) is 5.66. The molecular formula is C27H32N4O2S. The number of nitrogens with one attached hydrogen (secondary N) is 2. The zero-order valence-corrected chi connectivity index (χ0v) is 20.2. The lowest BCUT2D eigenvalue weighted by atomic mass is 10.0. The lowest BCUT2D eigenvalue weighted by molar-refractivity contribution is 0.264. The highest BCUT2D eigenvalue weighted by Crippen LogP contribution is 2.23. The first kappa shape index (κ1) is 24.0. The fraction of sp³-hybridized carbons (Fsp3) is 0.296. The number of sulfonamides is 1. The number of aryl methyl sites for hydroxylation is 1. The Morgan fingerprint density at radius 2 is 1.74 bits per heavy atom. The van der Waals surface area contributed by atoms with E-state index in [2.05, 4.69) is 16.2 Å². The summed E-state index contributed by atoms with van der Waals surface area (Å²) in [5.41, 5.74) is 8.13. The minimum absolute atomic E-state index is 0.0214. The number of nitrogen functional groups attached to an aromatic ring is 1. The smallest absolute Gasteiger partial charge is 0.241 e. The zero-order valence-electron chi connectivity index (χ0n) is 19.3. The summed E-state index contributed by atoms with van der Waals surface area (Å²) in [6, 6.07) is 20.1. The van der Waals surface area contributed by atoms with Gasteiger partial charge in [0.05, 0.1) is 10.9 Å². The largest absolute Gasteiger partial charge is 0.384 e. The van der Waals surface area contributed by atoms with Crippen molar-refractivity contribution >= 4 is 26.6 Å². The number of nitrogens with zero attached hydrogens (tertiary/aromatic N) is 1. The Morgan fingerprint density at radius 3 is 2.47 bits per heavy atom. The average molecular weight is 477 g/mol. The van der Waals surface area contributed by atoms with Crippen molar-refractivity contribution in [1.82, 2.24) is 9.62 Å². The van der Waals surface area contributed by atoms with Gasteiger partial charge in [-0.1, -0.05) is 55.1 Å². The number of hydrogen-bond acceptors (Lipinski definition) is 4. The van der Waals surface area contributed by atoms with Gasteiger partial charge in [-0.25, -0.2) is 13.1 Å². The predicted octanol–water partition coefficient (Wildman–Crippen LogP) is 4.40. The topological polar surface area (TPSA) is 99.3 Å². The first-order valence-electron chi connectivity index (χ1n) is 11.7. The van der Waals surface area contributed by atoms with Gasteiger partial charge < -0.3 is 10.6 Å². The third-order valence-corrected chi connectivity index (χ3v) is 7.92. The molecule has 1 fully saturated rings. The van der Waals surface area contributed by atoms with E-state index in [1.54, 1.807) is 18.2 Å². The summed E-state index contributed by atoms with van der Waals surface area (Å²) in [6.07, 6.45) is 4.56. The van der Waals surface area contributed by atoms with Crippen LogP contribution in [0.1, 0.15) is 36.8 Å². The monoisotopic (exact) mass is 476 g/mol. The van der Waals surface area contributed by atoms with Gasteiger partial charge in [-0.15, -0.1) is 0 Å². The van der Waals surface area contributed by atoms with Gasteiger partial charge in [0.1, 0.15) is 5.84 Å².